The third kappa shape index (κ3) is 2.30. The van der Waals surface area contributed by atoms with Gasteiger partial charge in [-0.3, -0.25) is 9.59 Å². The van der Waals surface area contributed by atoms with Crippen molar-refractivity contribution in [3.63, 3.8) is 0 Å². The largest absolute Gasteiger partial charge is 0.481 e. The Kier molecular flexibility index (Phi) is 3.04. The van der Waals surface area contributed by atoms with Crippen LogP contribution in [0.2, 0.25) is 0 Å². The van der Waals surface area contributed by atoms with Crippen LogP contribution in [-0.4, -0.2) is 23.0 Å². The number of rotatable bonds is 4. The van der Waals surface area contributed by atoms with E-state index >= 15 is 0 Å². The van der Waals surface area contributed by atoms with Crippen LogP contribution >= 0.6 is 0 Å². The van der Waals surface area contributed by atoms with E-state index in [0.29, 0.717) is 6.42 Å². The van der Waals surface area contributed by atoms with E-state index in [2.05, 4.69) is 24.4 Å². The Morgan fingerprint density at radius 3 is 2.40 bits per heavy atom. The van der Waals surface area contributed by atoms with Gasteiger partial charge in [0.15, 0.2) is 0 Å². The van der Waals surface area contributed by atoms with Gasteiger partial charge in [-0.2, -0.15) is 0 Å². The molecule has 1 aromatic rings. The topological polar surface area (TPSA) is 66.4 Å². The quantitative estimate of drug-likeness (QED) is 0.881. The maximum Gasteiger partial charge on any atom is 0.307 e. The molecule has 0 heterocycles. The molecular formula is C16H19NO3. The first-order valence-electron chi connectivity index (χ1n) is 7.08. The summed E-state index contributed by atoms with van der Waals surface area (Å²) in [6.45, 7) is 2.21. The Hall–Kier alpha value is -1.84. The minimum atomic E-state index is -0.854. The zero-order valence-electron chi connectivity index (χ0n) is 11.5. The third-order valence-electron chi connectivity index (χ3n) is 4.66. The molecule has 0 aromatic heterocycles. The molecule has 0 aliphatic heterocycles. The van der Waals surface area contributed by atoms with Crippen molar-refractivity contribution in [3.8, 4) is 0 Å². The Morgan fingerprint density at radius 1 is 1.20 bits per heavy atom. The molecule has 2 aliphatic carbocycles. The van der Waals surface area contributed by atoms with Gasteiger partial charge in [0.1, 0.15) is 0 Å². The molecule has 0 spiro atoms. The average molecular weight is 273 g/mol. The molecule has 2 N–H and O–H groups in total. The Morgan fingerprint density at radius 2 is 1.85 bits per heavy atom. The summed E-state index contributed by atoms with van der Waals surface area (Å²) < 4.78 is 0. The van der Waals surface area contributed by atoms with Gasteiger partial charge in [-0.25, -0.2) is 0 Å². The minimum Gasteiger partial charge on any atom is -0.481 e. The fourth-order valence-corrected chi connectivity index (χ4v) is 3.27. The summed E-state index contributed by atoms with van der Waals surface area (Å²) in [7, 11) is 0. The molecule has 0 bridgehead atoms. The molecule has 0 radical (unpaired) electrons. The summed E-state index contributed by atoms with van der Waals surface area (Å²) in [6.07, 6.45) is 2.34. The number of carboxylic acid groups (broad SMARTS) is 1. The van der Waals surface area contributed by atoms with Crippen molar-refractivity contribution in [1.82, 2.24) is 5.32 Å². The average Bonchev–Trinajstić information content (AvgIpc) is 3.18. The lowest BCUT2D eigenvalue weighted by atomic mass is 9.63. The van der Waals surface area contributed by atoms with E-state index < -0.39 is 11.9 Å². The highest BCUT2D eigenvalue weighted by atomic mass is 16.4. The van der Waals surface area contributed by atoms with Gasteiger partial charge in [0, 0.05) is 6.04 Å². The van der Waals surface area contributed by atoms with Crippen molar-refractivity contribution in [1.29, 1.82) is 0 Å². The van der Waals surface area contributed by atoms with E-state index in [1.807, 2.05) is 18.2 Å². The molecule has 106 valence electrons. The van der Waals surface area contributed by atoms with Crippen LogP contribution in [0.15, 0.2) is 30.3 Å². The molecule has 2 aliphatic rings. The molecule has 1 aromatic carbocycles. The minimum absolute atomic E-state index is 0.0856. The van der Waals surface area contributed by atoms with Gasteiger partial charge in [0.2, 0.25) is 5.91 Å². The highest BCUT2D eigenvalue weighted by Gasteiger charge is 2.50. The van der Waals surface area contributed by atoms with E-state index in [0.717, 1.165) is 12.8 Å². The normalized spacial score (nSPS) is 35.0. The fourth-order valence-electron chi connectivity index (χ4n) is 3.27. The predicted octanol–water partition coefficient (Wildman–Crippen LogP) is 1.94. The smallest absolute Gasteiger partial charge is 0.307 e. The highest BCUT2D eigenvalue weighted by molar-refractivity contribution is 5.89. The molecule has 20 heavy (non-hydrogen) atoms. The Bertz CT molecular complexity index is 534. The fraction of sp³-hybridized carbons (Fsp3) is 0.500. The summed E-state index contributed by atoms with van der Waals surface area (Å²) in [4.78, 5) is 22.7. The van der Waals surface area contributed by atoms with Crippen molar-refractivity contribution in [2.24, 2.45) is 11.8 Å². The lowest BCUT2D eigenvalue weighted by molar-refractivity contribution is -0.140. The van der Waals surface area contributed by atoms with E-state index in [-0.39, 0.29) is 23.3 Å². The third-order valence-corrected chi connectivity index (χ3v) is 4.66. The predicted molar refractivity (Wildman–Crippen MR) is 74.2 cm³/mol. The van der Waals surface area contributed by atoms with Gasteiger partial charge in [0.05, 0.1) is 11.8 Å². The van der Waals surface area contributed by atoms with Crippen molar-refractivity contribution < 1.29 is 14.7 Å². The lowest BCUT2D eigenvalue weighted by Crippen LogP contribution is -2.52. The number of hydrogen-bond acceptors (Lipinski definition) is 2. The van der Waals surface area contributed by atoms with Gasteiger partial charge in [-0.15, -0.1) is 0 Å². The summed E-state index contributed by atoms with van der Waals surface area (Å²) in [5, 5.41) is 11.8. The molecule has 3 rings (SSSR count). The summed E-state index contributed by atoms with van der Waals surface area (Å²) in [5.41, 5.74) is 1.44. The van der Waals surface area contributed by atoms with Crippen LogP contribution in [0.4, 0.5) is 0 Å². The standard InChI is InChI=1S/C16H19NO3/c1-16(10-5-3-2-4-6-10)8-11(9-16)17-14(18)12-7-13(12)15(19)20/h2-6,11-13H,7-9H2,1H3,(H,17,18)(H,19,20)/t11?,12-,13+,16?/m0/s1. The molecule has 2 fully saturated rings. The van der Waals surface area contributed by atoms with E-state index in [1.165, 1.54) is 5.56 Å². The number of amides is 1. The monoisotopic (exact) mass is 273 g/mol. The summed E-state index contributed by atoms with van der Waals surface area (Å²) >= 11 is 0. The van der Waals surface area contributed by atoms with Crippen LogP contribution in [0.1, 0.15) is 31.7 Å². The van der Waals surface area contributed by atoms with Gasteiger partial charge >= 0.3 is 5.97 Å². The molecule has 4 nitrogen and oxygen atoms in total. The number of carbonyl (C=O) groups is 2. The van der Waals surface area contributed by atoms with Crippen molar-refractivity contribution >= 4 is 11.9 Å². The first-order valence-corrected chi connectivity index (χ1v) is 7.08. The lowest BCUT2D eigenvalue weighted by Gasteiger charge is -2.46. The number of carbonyl (C=O) groups excluding carboxylic acids is 1. The van der Waals surface area contributed by atoms with Crippen LogP contribution in [-0.2, 0) is 15.0 Å². The van der Waals surface area contributed by atoms with Crippen molar-refractivity contribution in [3.05, 3.63) is 35.9 Å². The molecule has 0 saturated heterocycles. The Balaban J connectivity index is 1.52. The van der Waals surface area contributed by atoms with Gasteiger partial charge < -0.3 is 10.4 Å². The molecular weight excluding hydrogens is 254 g/mol. The van der Waals surface area contributed by atoms with E-state index in [4.69, 9.17) is 5.11 Å². The summed E-state index contributed by atoms with van der Waals surface area (Å²) in [5.74, 6) is -1.71. The number of hydrogen-bond donors (Lipinski definition) is 2. The number of carboxylic acids is 1. The molecule has 0 unspecified atom stereocenters. The highest BCUT2D eigenvalue weighted by Crippen LogP contribution is 2.44. The van der Waals surface area contributed by atoms with Crippen molar-refractivity contribution in [2.75, 3.05) is 0 Å². The second-order valence-corrected chi connectivity index (χ2v) is 6.33. The SMILES string of the molecule is CC1(c2ccccc2)CC(NC(=O)[C@H]2C[C@H]2C(=O)O)C1. The molecule has 4 heteroatoms. The molecule has 2 atom stereocenters. The van der Waals surface area contributed by atoms with Gasteiger partial charge in [-0.05, 0) is 30.2 Å². The maximum absolute atomic E-state index is 11.9. The van der Waals surface area contributed by atoms with Gasteiger partial charge in [-0.1, -0.05) is 37.3 Å². The zero-order chi connectivity index (χ0) is 14.3. The van der Waals surface area contributed by atoms with Crippen LogP contribution in [0, 0.1) is 11.8 Å². The van der Waals surface area contributed by atoms with Crippen molar-refractivity contribution in [2.45, 2.75) is 37.6 Å². The Labute approximate surface area is 118 Å². The van der Waals surface area contributed by atoms with Crippen LogP contribution < -0.4 is 5.32 Å². The maximum atomic E-state index is 11.9. The first kappa shape index (κ1) is 13.2. The van der Waals surface area contributed by atoms with Crippen LogP contribution in [0.3, 0.4) is 0 Å². The van der Waals surface area contributed by atoms with Crippen LogP contribution in [0.5, 0.6) is 0 Å². The second-order valence-electron chi connectivity index (χ2n) is 6.33. The van der Waals surface area contributed by atoms with Gasteiger partial charge in [0.25, 0.3) is 0 Å². The van der Waals surface area contributed by atoms with E-state index in [1.54, 1.807) is 0 Å². The number of nitrogens with one attached hydrogen (secondary N) is 1. The summed E-state index contributed by atoms with van der Waals surface area (Å²) in [6, 6.07) is 10.5. The number of benzene rings is 1. The first-order chi connectivity index (χ1) is 9.49. The zero-order valence-corrected chi connectivity index (χ0v) is 11.5. The van der Waals surface area contributed by atoms with Crippen LogP contribution in [0.25, 0.3) is 0 Å². The van der Waals surface area contributed by atoms with E-state index in [9.17, 15) is 9.59 Å². The number of aliphatic carboxylic acids is 1. The molecule has 2 saturated carbocycles. The molecule has 1 amide bonds. The second kappa shape index (κ2) is 4.62.